The number of ether oxygens (including phenoxy) is 1. The summed E-state index contributed by atoms with van der Waals surface area (Å²) in [5, 5.41) is 4.38. The van der Waals surface area contributed by atoms with E-state index in [-0.39, 0.29) is 29.9 Å². The highest BCUT2D eigenvalue weighted by atomic mass is 127. The van der Waals surface area contributed by atoms with Crippen molar-refractivity contribution in [1.82, 2.24) is 5.32 Å². The van der Waals surface area contributed by atoms with Crippen molar-refractivity contribution >= 4 is 53.1 Å². The number of hydrogen-bond donors (Lipinski definition) is 2. The SMILES string of the molecule is CCOCCCNC(N)=NCC(C)c1c(Cl)cccc1Cl.I. The average Bonchev–Trinajstić information content (AvgIpc) is 2.44. The van der Waals surface area contributed by atoms with E-state index in [1.807, 2.05) is 32.0 Å². The number of guanidine groups is 1. The van der Waals surface area contributed by atoms with Gasteiger partial charge in [0.1, 0.15) is 0 Å². The first-order chi connectivity index (χ1) is 10.1. The molecule has 1 unspecified atom stereocenters. The molecule has 1 rings (SSSR count). The zero-order valence-corrected chi connectivity index (χ0v) is 16.8. The number of nitrogens with zero attached hydrogens (tertiary/aromatic N) is 1. The monoisotopic (exact) mass is 459 g/mol. The van der Waals surface area contributed by atoms with Crippen molar-refractivity contribution in [2.75, 3.05) is 26.3 Å². The molecule has 3 N–H and O–H groups in total. The van der Waals surface area contributed by atoms with Gasteiger partial charge in [-0.25, -0.2) is 0 Å². The molecule has 0 spiro atoms. The van der Waals surface area contributed by atoms with Crippen LogP contribution in [0.1, 0.15) is 31.7 Å². The Bertz CT molecular complexity index is 452. The highest BCUT2D eigenvalue weighted by Crippen LogP contribution is 2.31. The molecule has 4 nitrogen and oxygen atoms in total. The predicted molar refractivity (Wildman–Crippen MR) is 106 cm³/mol. The van der Waals surface area contributed by atoms with Crippen LogP contribution in [0.3, 0.4) is 0 Å². The van der Waals surface area contributed by atoms with Crippen molar-refractivity contribution in [3.8, 4) is 0 Å². The van der Waals surface area contributed by atoms with Crippen LogP contribution in [-0.4, -0.2) is 32.3 Å². The molecule has 126 valence electrons. The summed E-state index contributed by atoms with van der Waals surface area (Å²) in [4.78, 5) is 4.33. The van der Waals surface area contributed by atoms with Crippen molar-refractivity contribution in [1.29, 1.82) is 0 Å². The second-order valence-corrected chi connectivity index (χ2v) is 5.55. The van der Waals surface area contributed by atoms with Gasteiger partial charge in [-0.15, -0.1) is 24.0 Å². The minimum atomic E-state index is 0. The van der Waals surface area contributed by atoms with E-state index < -0.39 is 0 Å². The van der Waals surface area contributed by atoms with E-state index in [2.05, 4.69) is 10.3 Å². The maximum atomic E-state index is 6.18. The third-order valence-electron chi connectivity index (χ3n) is 3.00. The van der Waals surface area contributed by atoms with E-state index in [0.29, 0.717) is 22.5 Å². The van der Waals surface area contributed by atoms with Gasteiger partial charge >= 0.3 is 0 Å². The van der Waals surface area contributed by atoms with Crippen molar-refractivity contribution in [3.63, 3.8) is 0 Å². The van der Waals surface area contributed by atoms with E-state index >= 15 is 0 Å². The fourth-order valence-corrected chi connectivity index (χ4v) is 2.67. The Morgan fingerprint density at radius 2 is 2.00 bits per heavy atom. The number of hydrogen-bond acceptors (Lipinski definition) is 2. The maximum absolute atomic E-state index is 6.18. The molecular weight excluding hydrogens is 436 g/mol. The minimum absolute atomic E-state index is 0. The summed E-state index contributed by atoms with van der Waals surface area (Å²) in [6.45, 7) is 6.75. The normalized spacial score (nSPS) is 12.6. The van der Waals surface area contributed by atoms with Gasteiger partial charge in [0, 0.05) is 42.3 Å². The van der Waals surface area contributed by atoms with Crippen LogP contribution >= 0.6 is 47.2 Å². The molecule has 0 saturated heterocycles. The lowest BCUT2D eigenvalue weighted by Crippen LogP contribution is -2.33. The molecule has 0 bridgehead atoms. The zero-order chi connectivity index (χ0) is 15.7. The second-order valence-electron chi connectivity index (χ2n) is 4.74. The Morgan fingerprint density at radius 3 is 2.59 bits per heavy atom. The minimum Gasteiger partial charge on any atom is -0.382 e. The first kappa shape index (κ1) is 21.8. The molecule has 1 atom stereocenters. The number of aliphatic imine (C=N–C) groups is 1. The van der Waals surface area contributed by atoms with E-state index in [1.165, 1.54) is 0 Å². The molecule has 0 aliphatic rings. The van der Waals surface area contributed by atoms with Gasteiger partial charge in [-0.2, -0.15) is 0 Å². The van der Waals surface area contributed by atoms with Crippen LogP contribution < -0.4 is 11.1 Å². The highest BCUT2D eigenvalue weighted by molar-refractivity contribution is 14.0. The quantitative estimate of drug-likeness (QED) is 0.267. The lowest BCUT2D eigenvalue weighted by molar-refractivity contribution is 0.145. The van der Waals surface area contributed by atoms with Gasteiger partial charge in [-0.3, -0.25) is 4.99 Å². The maximum Gasteiger partial charge on any atom is 0.188 e. The molecule has 0 fully saturated rings. The largest absolute Gasteiger partial charge is 0.382 e. The Labute approximate surface area is 159 Å². The van der Waals surface area contributed by atoms with Gasteiger partial charge in [0.2, 0.25) is 0 Å². The number of halogens is 3. The summed E-state index contributed by atoms with van der Waals surface area (Å²) >= 11 is 12.4. The van der Waals surface area contributed by atoms with Crippen molar-refractivity contribution in [2.45, 2.75) is 26.2 Å². The van der Waals surface area contributed by atoms with E-state index in [4.69, 9.17) is 33.7 Å². The number of nitrogens with one attached hydrogen (secondary N) is 1. The zero-order valence-electron chi connectivity index (χ0n) is 12.9. The molecule has 0 saturated carbocycles. The first-order valence-corrected chi connectivity index (χ1v) is 7.87. The van der Waals surface area contributed by atoms with Gasteiger partial charge in [-0.1, -0.05) is 36.2 Å². The van der Waals surface area contributed by atoms with E-state index in [1.54, 1.807) is 0 Å². The van der Waals surface area contributed by atoms with Crippen molar-refractivity contribution < 1.29 is 4.74 Å². The summed E-state index contributed by atoms with van der Waals surface area (Å²) in [5.74, 6) is 0.538. The molecular formula is C15H24Cl2IN3O. The molecule has 0 radical (unpaired) electrons. The van der Waals surface area contributed by atoms with E-state index in [9.17, 15) is 0 Å². The van der Waals surface area contributed by atoms with Crippen molar-refractivity contribution in [2.24, 2.45) is 10.7 Å². The van der Waals surface area contributed by atoms with Crippen LogP contribution in [0, 0.1) is 0 Å². The third-order valence-corrected chi connectivity index (χ3v) is 3.66. The summed E-state index contributed by atoms with van der Waals surface area (Å²) in [7, 11) is 0. The molecule has 1 aromatic carbocycles. The van der Waals surface area contributed by atoms with Crippen molar-refractivity contribution in [3.05, 3.63) is 33.8 Å². The van der Waals surface area contributed by atoms with Crippen LogP contribution in [-0.2, 0) is 4.74 Å². The summed E-state index contributed by atoms with van der Waals surface area (Å²) in [6.07, 6.45) is 0.899. The second kappa shape index (κ2) is 12.2. The van der Waals surface area contributed by atoms with Crippen LogP contribution in [0.5, 0.6) is 0 Å². The fraction of sp³-hybridized carbons (Fsp3) is 0.533. The molecule has 0 aliphatic heterocycles. The fourth-order valence-electron chi connectivity index (χ4n) is 1.90. The van der Waals surface area contributed by atoms with Gasteiger partial charge in [0.05, 0.1) is 0 Å². The smallest absolute Gasteiger partial charge is 0.188 e. The first-order valence-electron chi connectivity index (χ1n) is 7.11. The van der Waals surface area contributed by atoms with Crippen LogP contribution in [0.4, 0.5) is 0 Å². The lowest BCUT2D eigenvalue weighted by Gasteiger charge is -2.14. The summed E-state index contributed by atoms with van der Waals surface area (Å²) in [6, 6.07) is 5.50. The summed E-state index contributed by atoms with van der Waals surface area (Å²) < 4.78 is 5.25. The predicted octanol–water partition coefficient (Wildman–Crippen LogP) is 4.05. The Kier molecular flexibility index (Phi) is 12.1. The Balaban J connectivity index is 0.00000441. The average molecular weight is 460 g/mol. The topological polar surface area (TPSA) is 59.6 Å². The Hall–Kier alpha value is -0.240. The van der Waals surface area contributed by atoms with Crippen LogP contribution in [0.25, 0.3) is 0 Å². The molecule has 0 aliphatic carbocycles. The Morgan fingerprint density at radius 1 is 1.36 bits per heavy atom. The van der Waals surface area contributed by atoms with Crippen LogP contribution in [0.15, 0.2) is 23.2 Å². The molecule has 0 heterocycles. The summed E-state index contributed by atoms with van der Waals surface area (Å²) in [5.41, 5.74) is 6.73. The van der Waals surface area contributed by atoms with Crippen LogP contribution in [0.2, 0.25) is 10.0 Å². The van der Waals surface area contributed by atoms with Gasteiger partial charge < -0.3 is 15.8 Å². The molecule has 7 heteroatoms. The molecule has 1 aromatic rings. The molecule has 22 heavy (non-hydrogen) atoms. The molecule has 0 aromatic heterocycles. The third kappa shape index (κ3) is 7.85. The number of rotatable bonds is 8. The lowest BCUT2D eigenvalue weighted by atomic mass is 10.0. The number of nitrogens with two attached hydrogens (primary N) is 1. The number of benzene rings is 1. The standard InChI is InChI=1S/C15H23Cl2N3O.HI/c1-3-21-9-5-8-19-15(18)20-10-11(2)14-12(16)6-4-7-13(14)17;/h4,6-7,11H,3,5,8-10H2,1-2H3,(H3,18,19,20);1H. The van der Waals surface area contributed by atoms with Gasteiger partial charge in [0.25, 0.3) is 0 Å². The van der Waals surface area contributed by atoms with E-state index in [0.717, 1.165) is 31.7 Å². The van der Waals surface area contributed by atoms with Gasteiger partial charge in [-0.05, 0) is 31.0 Å². The molecule has 0 amide bonds. The van der Waals surface area contributed by atoms with Gasteiger partial charge in [0.15, 0.2) is 5.96 Å². The highest BCUT2D eigenvalue weighted by Gasteiger charge is 2.13.